The molecule has 0 aliphatic rings. The van der Waals surface area contributed by atoms with Gasteiger partial charge in [0.2, 0.25) is 0 Å². The zero-order chi connectivity index (χ0) is 17.0. The number of hydrogen-bond acceptors (Lipinski definition) is 3. The minimum Gasteiger partial charge on any atom is -0.335 e. The Kier molecular flexibility index (Phi) is 4.87. The molecule has 2 rings (SSSR count). The Morgan fingerprint density at radius 2 is 2.13 bits per heavy atom. The molecular formula is C14H16F3N5O. The van der Waals surface area contributed by atoms with E-state index < -0.39 is 17.9 Å². The SMILES string of the molecule is Cc1cc(C[C@H](C)NC(=O)Nc2ccc(C(F)(F)F)nc2)n[nH]1. The van der Waals surface area contributed by atoms with Crippen LogP contribution in [0.3, 0.4) is 0 Å². The van der Waals surface area contributed by atoms with Gasteiger partial charge in [0.1, 0.15) is 5.69 Å². The summed E-state index contributed by atoms with van der Waals surface area (Å²) in [6, 6.07) is 3.12. The van der Waals surface area contributed by atoms with Crippen LogP contribution >= 0.6 is 0 Å². The molecule has 2 aromatic rings. The average Bonchev–Trinajstić information content (AvgIpc) is 2.83. The molecule has 0 spiro atoms. The summed E-state index contributed by atoms with van der Waals surface area (Å²) in [4.78, 5) is 15.1. The van der Waals surface area contributed by atoms with Crippen LogP contribution in [0.1, 0.15) is 24.0 Å². The maximum absolute atomic E-state index is 12.4. The number of pyridine rings is 1. The third kappa shape index (κ3) is 4.97. The lowest BCUT2D eigenvalue weighted by molar-refractivity contribution is -0.141. The highest BCUT2D eigenvalue weighted by atomic mass is 19.4. The molecule has 0 fully saturated rings. The van der Waals surface area contributed by atoms with Gasteiger partial charge >= 0.3 is 12.2 Å². The predicted octanol–water partition coefficient (Wildman–Crippen LogP) is 2.88. The Bertz CT molecular complexity index is 666. The maximum atomic E-state index is 12.4. The number of nitrogens with zero attached hydrogens (tertiary/aromatic N) is 2. The molecule has 9 heteroatoms. The molecule has 0 bridgehead atoms. The molecule has 0 radical (unpaired) electrons. The first kappa shape index (κ1) is 16.8. The number of amides is 2. The van der Waals surface area contributed by atoms with E-state index in [1.165, 1.54) is 0 Å². The molecule has 0 saturated carbocycles. The summed E-state index contributed by atoms with van der Waals surface area (Å²) in [5.74, 6) is 0. The molecule has 0 unspecified atom stereocenters. The van der Waals surface area contributed by atoms with Crippen LogP contribution in [0.5, 0.6) is 0 Å². The predicted molar refractivity (Wildman–Crippen MR) is 77.9 cm³/mol. The van der Waals surface area contributed by atoms with Crippen molar-refractivity contribution in [3.05, 3.63) is 41.5 Å². The summed E-state index contributed by atoms with van der Waals surface area (Å²) >= 11 is 0. The number of carbonyl (C=O) groups excluding carboxylic acids is 1. The van der Waals surface area contributed by atoms with E-state index in [4.69, 9.17) is 0 Å². The van der Waals surface area contributed by atoms with E-state index in [9.17, 15) is 18.0 Å². The van der Waals surface area contributed by atoms with Gasteiger partial charge in [-0.2, -0.15) is 18.3 Å². The maximum Gasteiger partial charge on any atom is 0.433 e. The molecule has 2 aromatic heterocycles. The molecule has 0 aromatic carbocycles. The van der Waals surface area contributed by atoms with E-state index in [0.717, 1.165) is 29.7 Å². The number of anilines is 1. The van der Waals surface area contributed by atoms with Gasteiger partial charge < -0.3 is 10.6 Å². The second-order valence-electron chi connectivity index (χ2n) is 5.18. The van der Waals surface area contributed by atoms with Crippen LogP contribution in [0, 0.1) is 6.92 Å². The molecule has 3 N–H and O–H groups in total. The van der Waals surface area contributed by atoms with Crippen molar-refractivity contribution in [3.8, 4) is 0 Å². The van der Waals surface area contributed by atoms with Crippen LogP contribution in [0.2, 0.25) is 0 Å². The number of urea groups is 1. The topological polar surface area (TPSA) is 82.7 Å². The molecule has 2 amide bonds. The molecule has 2 heterocycles. The van der Waals surface area contributed by atoms with Gasteiger partial charge in [-0.1, -0.05) is 0 Å². The van der Waals surface area contributed by atoms with Gasteiger partial charge in [-0.25, -0.2) is 9.78 Å². The van der Waals surface area contributed by atoms with Crippen LogP contribution in [0.25, 0.3) is 0 Å². The van der Waals surface area contributed by atoms with Crippen LogP contribution < -0.4 is 10.6 Å². The normalized spacial score (nSPS) is 12.7. The Hall–Kier alpha value is -2.58. The van der Waals surface area contributed by atoms with E-state index >= 15 is 0 Å². The van der Waals surface area contributed by atoms with Crippen LogP contribution in [0.4, 0.5) is 23.7 Å². The van der Waals surface area contributed by atoms with Gasteiger partial charge in [-0.05, 0) is 32.0 Å². The lowest BCUT2D eigenvalue weighted by Crippen LogP contribution is -2.37. The highest BCUT2D eigenvalue weighted by Crippen LogP contribution is 2.27. The van der Waals surface area contributed by atoms with Gasteiger partial charge in [0, 0.05) is 18.2 Å². The summed E-state index contributed by atoms with van der Waals surface area (Å²) in [5.41, 5.74) is 0.906. The van der Waals surface area contributed by atoms with Crippen LogP contribution in [0.15, 0.2) is 24.4 Å². The Morgan fingerprint density at radius 3 is 2.65 bits per heavy atom. The number of H-pyrrole nitrogens is 1. The van der Waals surface area contributed by atoms with Crippen LogP contribution in [-0.4, -0.2) is 27.3 Å². The van der Waals surface area contributed by atoms with Gasteiger partial charge in [0.05, 0.1) is 17.6 Å². The first-order valence-corrected chi connectivity index (χ1v) is 6.85. The fourth-order valence-electron chi connectivity index (χ4n) is 1.97. The minimum absolute atomic E-state index is 0.179. The molecule has 0 aliphatic heterocycles. The van der Waals surface area contributed by atoms with E-state index in [2.05, 4.69) is 25.8 Å². The quantitative estimate of drug-likeness (QED) is 0.807. The number of carbonyl (C=O) groups is 1. The van der Waals surface area contributed by atoms with Gasteiger partial charge in [-0.3, -0.25) is 5.10 Å². The number of aromatic amines is 1. The van der Waals surface area contributed by atoms with Crippen LogP contribution in [-0.2, 0) is 12.6 Å². The van der Waals surface area contributed by atoms with E-state index in [-0.39, 0.29) is 11.7 Å². The zero-order valence-corrected chi connectivity index (χ0v) is 12.5. The molecule has 0 saturated heterocycles. The summed E-state index contributed by atoms with van der Waals surface area (Å²) in [5, 5.41) is 12.0. The average molecular weight is 327 g/mol. The van der Waals surface area contributed by atoms with Crippen molar-refractivity contribution < 1.29 is 18.0 Å². The van der Waals surface area contributed by atoms with Crippen molar-refractivity contribution in [3.63, 3.8) is 0 Å². The number of aryl methyl sites for hydroxylation is 1. The summed E-state index contributed by atoms with van der Waals surface area (Å²) in [6.07, 6.45) is -3.01. The number of hydrogen-bond donors (Lipinski definition) is 3. The molecule has 6 nitrogen and oxygen atoms in total. The fraction of sp³-hybridized carbons (Fsp3) is 0.357. The fourth-order valence-corrected chi connectivity index (χ4v) is 1.97. The lowest BCUT2D eigenvalue weighted by Gasteiger charge is -2.13. The Balaban J connectivity index is 1.86. The Labute approximate surface area is 130 Å². The van der Waals surface area contributed by atoms with Gasteiger partial charge in [-0.15, -0.1) is 0 Å². The lowest BCUT2D eigenvalue weighted by atomic mass is 10.2. The third-order valence-corrected chi connectivity index (χ3v) is 2.96. The number of alkyl halides is 3. The minimum atomic E-state index is -4.50. The molecule has 23 heavy (non-hydrogen) atoms. The first-order chi connectivity index (χ1) is 10.7. The largest absolute Gasteiger partial charge is 0.433 e. The smallest absolute Gasteiger partial charge is 0.335 e. The summed E-state index contributed by atoms with van der Waals surface area (Å²) in [7, 11) is 0. The summed E-state index contributed by atoms with van der Waals surface area (Å²) in [6.45, 7) is 3.67. The number of halogens is 3. The molecule has 124 valence electrons. The highest BCUT2D eigenvalue weighted by Gasteiger charge is 2.32. The number of rotatable bonds is 4. The van der Waals surface area contributed by atoms with E-state index in [1.807, 2.05) is 13.0 Å². The van der Waals surface area contributed by atoms with Crippen molar-refractivity contribution >= 4 is 11.7 Å². The molecule has 0 aliphatic carbocycles. The molecule has 1 atom stereocenters. The van der Waals surface area contributed by atoms with Crippen molar-refractivity contribution in [1.29, 1.82) is 0 Å². The zero-order valence-electron chi connectivity index (χ0n) is 12.5. The number of nitrogens with one attached hydrogen (secondary N) is 3. The second kappa shape index (κ2) is 6.67. The van der Waals surface area contributed by atoms with E-state index in [0.29, 0.717) is 6.42 Å². The summed E-state index contributed by atoms with van der Waals surface area (Å²) < 4.78 is 37.2. The number of aromatic nitrogens is 3. The van der Waals surface area contributed by atoms with Crippen molar-refractivity contribution in [2.45, 2.75) is 32.5 Å². The van der Waals surface area contributed by atoms with Crippen molar-refractivity contribution in [1.82, 2.24) is 20.5 Å². The third-order valence-electron chi connectivity index (χ3n) is 2.96. The van der Waals surface area contributed by atoms with Gasteiger partial charge in [0.15, 0.2) is 0 Å². The first-order valence-electron chi connectivity index (χ1n) is 6.85. The Morgan fingerprint density at radius 1 is 1.39 bits per heavy atom. The van der Waals surface area contributed by atoms with Crippen molar-refractivity contribution in [2.24, 2.45) is 0 Å². The molecular weight excluding hydrogens is 311 g/mol. The second-order valence-corrected chi connectivity index (χ2v) is 5.18. The standard InChI is InChI=1S/C14H16F3N5O/c1-8(5-11-6-9(2)21-22-11)19-13(23)20-10-3-4-12(18-7-10)14(15,16)17/h3-4,6-8H,5H2,1-2H3,(H,21,22)(H2,19,20,23)/t8-/m0/s1. The van der Waals surface area contributed by atoms with Gasteiger partial charge in [0.25, 0.3) is 0 Å². The van der Waals surface area contributed by atoms with Crippen molar-refractivity contribution in [2.75, 3.05) is 5.32 Å². The monoisotopic (exact) mass is 327 g/mol. The van der Waals surface area contributed by atoms with E-state index in [1.54, 1.807) is 6.92 Å². The highest BCUT2D eigenvalue weighted by molar-refractivity contribution is 5.89.